The zero-order chi connectivity index (χ0) is 37.8. The third-order valence-corrected chi connectivity index (χ3v) is 11.2. The third-order valence-electron chi connectivity index (χ3n) is 10.0. The standard InChI is InChI=1S/C39H48Cl2N6O4S/c1-7-21-46-31-19-17-26(2)23-29(31)38(3,4)33(46)15-13-16-34-39(5,6)30-24-28(52(49,50)51)18-20-32(30)47(34)22-12-10-8-9-11-14-27(48)25-42-37-44-35(40)43-36(41)45-37/h13,15-20,23-24H,7-12,14,21-22,25H2,1-6H3,(H-,42,43,44,45,49,50,51)/p+1. The lowest BCUT2D eigenvalue weighted by Crippen LogP contribution is -2.28. The number of allylic oxidation sites excluding steroid dienone is 4. The number of fused-ring (bicyclic) bond motifs is 2. The maximum Gasteiger partial charge on any atom is 0.294 e. The number of carbonyl (C=O) groups excluding carboxylic acids is 1. The van der Waals surface area contributed by atoms with Crippen LogP contribution in [0, 0.1) is 6.92 Å². The van der Waals surface area contributed by atoms with Gasteiger partial charge in [0.25, 0.3) is 10.1 Å². The molecule has 3 heterocycles. The van der Waals surface area contributed by atoms with E-state index in [9.17, 15) is 17.8 Å². The highest BCUT2D eigenvalue weighted by Crippen LogP contribution is 2.49. The highest BCUT2D eigenvalue weighted by Gasteiger charge is 2.44. The molecule has 0 saturated carbocycles. The molecule has 10 nitrogen and oxygen atoms in total. The van der Waals surface area contributed by atoms with E-state index in [4.69, 9.17) is 23.2 Å². The van der Waals surface area contributed by atoms with Gasteiger partial charge in [0.05, 0.1) is 16.9 Å². The molecule has 3 aromatic rings. The molecule has 2 aliphatic heterocycles. The number of carbonyl (C=O) groups is 1. The molecule has 2 N–H and O–H groups in total. The Morgan fingerprint density at radius 2 is 1.63 bits per heavy atom. The molecule has 5 rings (SSSR count). The first-order valence-electron chi connectivity index (χ1n) is 17.9. The summed E-state index contributed by atoms with van der Waals surface area (Å²) in [5.74, 6) is 0.218. The van der Waals surface area contributed by atoms with Gasteiger partial charge in [-0.05, 0) is 92.7 Å². The fraction of sp³-hybridized carbons (Fsp3) is 0.462. The molecule has 0 radical (unpaired) electrons. The zero-order valence-corrected chi connectivity index (χ0v) is 33.2. The van der Waals surface area contributed by atoms with E-state index in [1.165, 1.54) is 28.6 Å². The summed E-state index contributed by atoms with van der Waals surface area (Å²) >= 11 is 11.6. The van der Waals surface area contributed by atoms with Crippen LogP contribution in [0.25, 0.3) is 0 Å². The van der Waals surface area contributed by atoms with Gasteiger partial charge in [0.2, 0.25) is 22.2 Å². The molecule has 0 aliphatic carbocycles. The van der Waals surface area contributed by atoms with E-state index < -0.39 is 15.5 Å². The van der Waals surface area contributed by atoms with Crippen molar-refractivity contribution in [2.45, 2.75) is 102 Å². The molecular weight excluding hydrogens is 719 g/mol. The summed E-state index contributed by atoms with van der Waals surface area (Å²) in [6, 6.07) is 11.6. The van der Waals surface area contributed by atoms with Gasteiger partial charge in [-0.3, -0.25) is 9.35 Å². The SMILES string of the molecule is CCC[N+]1=C(/C=C/C=C2/N(CCCCCCCC(=O)CNc3nc(Cl)nc(Cl)n3)c3ccc(S(=O)(=O)O)cc3C2(C)C)C(C)(C)c2cc(C)ccc21. The van der Waals surface area contributed by atoms with Crippen LogP contribution in [-0.4, -0.2) is 63.6 Å². The monoisotopic (exact) mass is 767 g/mol. The number of Topliss-reactive ketones (excluding diaryl/α,β-unsaturated/α-hetero) is 1. The number of hydrogen-bond donors (Lipinski definition) is 2. The molecule has 0 fully saturated rings. The molecule has 2 aliphatic rings. The number of unbranched alkanes of at least 4 members (excludes halogenated alkanes) is 4. The first-order valence-corrected chi connectivity index (χ1v) is 20.1. The average molecular weight is 769 g/mol. The molecule has 13 heteroatoms. The second kappa shape index (κ2) is 16.2. The number of benzene rings is 2. The van der Waals surface area contributed by atoms with Crippen molar-refractivity contribution in [3.63, 3.8) is 0 Å². The van der Waals surface area contributed by atoms with Gasteiger partial charge >= 0.3 is 0 Å². The fourth-order valence-electron chi connectivity index (χ4n) is 7.33. The largest absolute Gasteiger partial charge is 0.347 e. The minimum Gasteiger partial charge on any atom is -0.347 e. The lowest BCUT2D eigenvalue weighted by Gasteiger charge is -2.27. The topological polar surface area (TPSA) is 128 Å². The van der Waals surface area contributed by atoms with E-state index in [2.05, 4.69) is 108 Å². The van der Waals surface area contributed by atoms with Gasteiger partial charge in [0, 0.05) is 53.9 Å². The maximum atomic E-state index is 12.4. The van der Waals surface area contributed by atoms with Crippen LogP contribution >= 0.6 is 23.2 Å². The van der Waals surface area contributed by atoms with E-state index in [1.807, 2.05) is 0 Å². The van der Waals surface area contributed by atoms with Crippen molar-refractivity contribution in [2.75, 3.05) is 29.9 Å². The Labute approximate surface area is 317 Å². The van der Waals surface area contributed by atoms with Crippen LogP contribution in [0.15, 0.2) is 65.2 Å². The van der Waals surface area contributed by atoms with Crippen molar-refractivity contribution in [1.82, 2.24) is 15.0 Å². The molecule has 0 atom stereocenters. The molecule has 0 amide bonds. The lowest BCUT2D eigenvalue weighted by atomic mass is 9.80. The van der Waals surface area contributed by atoms with Gasteiger partial charge in [-0.1, -0.05) is 57.7 Å². The van der Waals surface area contributed by atoms with E-state index in [0.29, 0.717) is 6.42 Å². The van der Waals surface area contributed by atoms with Gasteiger partial charge in [-0.25, -0.2) is 0 Å². The van der Waals surface area contributed by atoms with Gasteiger partial charge in [-0.15, -0.1) is 0 Å². The fourth-order valence-corrected chi connectivity index (χ4v) is 8.20. The summed E-state index contributed by atoms with van der Waals surface area (Å²) in [5.41, 5.74) is 7.28. The van der Waals surface area contributed by atoms with E-state index in [-0.39, 0.29) is 39.2 Å². The summed E-state index contributed by atoms with van der Waals surface area (Å²) in [6.07, 6.45) is 12.5. The smallest absolute Gasteiger partial charge is 0.294 e. The Bertz CT molecular complexity index is 2020. The van der Waals surface area contributed by atoms with Crippen LogP contribution in [0.5, 0.6) is 0 Å². The van der Waals surface area contributed by atoms with Crippen molar-refractivity contribution in [3.8, 4) is 0 Å². The minimum atomic E-state index is -4.36. The molecule has 52 heavy (non-hydrogen) atoms. The van der Waals surface area contributed by atoms with Crippen LogP contribution in [-0.2, 0) is 25.7 Å². The van der Waals surface area contributed by atoms with Crippen molar-refractivity contribution in [3.05, 3.63) is 87.6 Å². The Hall–Kier alpha value is -3.64. The van der Waals surface area contributed by atoms with Crippen LogP contribution in [0.3, 0.4) is 0 Å². The highest BCUT2D eigenvalue weighted by molar-refractivity contribution is 7.85. The number of nitrogens with zero attached hydrogens (tertiary/aromatic N) is 5. The van der Waals surface area contributed by atoms with Crippen molar-refractivity contribution in [2.24, 2.45) is 0 Å². The summed E-state index contributed by atoms with van der Waals surface area (Å²) < 4.78 is 36.5. The van der Waals surface area contributed by atoms with Gasteiger partial charge in [-0.2, -0.15) is 27.9 Å². The molecular formula is C39H49Cl2N6O4S+. The average Bonchev–Trinajstić information content (AvgIpc) is 3.40. The highest BCUT2D eigenvalue weighted by atomic mass is 35.5. The number of anilines is 2. The van der Waals surface area contributed by atoms with E-state index in [0.717, 1.165) is 68.6 Å². The number of hydrogen-bond acceptors (Lipinski definition) is 8. The Balaban J connectivity index is 1.27. The second-order valence-electron chi connectivity index (χ2n) is 14.6. The van der Waals surface area contributed by atoms with E-state index in [1.54, 1.807) is 12.1 Å². The molecule has 0 spiro atoms. The quantitative estimate of drug-likeness (QED) is 0.0835. The molecule has 0 saturated heterocycles. The summed E-state index contributed by atoms with van der Waals surface area (Å²) in [5, 5.41) is 2.78. The van der Waals surface area contributed by atoms with Crippen LogP contribution in [0.1, 0.15) is 96.3 Å². The first kappa shape index (κ1) is 39.6. The third kappa shape index (κ3) is 8.76. The normalized spacial score (nSPS) is 16.9. The minimum absolute atomic E-state index is 0.0369. The molecule has 1 aromatic heterocycles. The molecule has 0 unspecified atom stereocenters. The second-order valence-corrected chi connectivity index (χ2v) is 16.7. The van der Waals surface area contributed by atoms with Gasteiger partial charge < -0.3 is 10.2 Å². The summed E-state index contributed by atoms with van der Waals surface area (Å²) in [4.78, 5) is 26.1. The summed E-state index contributed by atoms with van der Waals surface area (Å²) in [6.45, 7) is 14.9. The number of ketones is 1. The zero-order valence-electron chi connectivity index (χ0n) is 30.8. The number of aryl methyl sites for hydroxylation is 1. The predicted octanol–water partition coefficient (Wildman–Crippen LogP) is 8.78. The number of nitrogens with one attached hydrogen (secondary N) is 1. The molecule has 278 valence electrons. The Kier molecular flexibility index (Phi) is 12.3. The van der Waals surface area contributed by atoms with Crippen LogP contribution in [0.4, 0.5) is 17.3 Å². The molecule has 0 bridgehead atoms. The van der Waals surface area contributed by atoms with Gasteiger partial charge in [0.15, 0.2) is 11.5 Å². The Morgan fingerprint density at radius 1 is 0.942 bits per heavy atom. The summed E-state index contributed by atoms with van der Waals surface area (Å²) in [7, 11) is -4.36. The maximum absolute atomic E-state index is 12.4. The van der Waals surface area contributed by atoms with Crippen molar-refractivity contribution < 1.29 is 22.3 Å². The number of halogens is 2. The molecule has 2 aromatic carbocycles. The lowest BCUT2D eigenvalue weighted by molar-refractivity contribution is -0.437. The van der Waals surface area contributed by atoms with Gasteiger partial charge in [0.1, 0.15) is 6.54 Å². The van der Waals surface area contributed by atoms with Crippen molar-refractivity contribution >= 4 is 62.1 Å². The Morgan fingerprint density at radius 3 is 2.33 bits per heavy atom. The number of rotatable bonds is 16. The van der Waals surface area contributed by atoms with Crippen LogP contribution < -0.4 is 10.2 Å². The van der Waals surface area contributed by atoms with E-state index >= 15 is 0 Å². The first-order chi connectivity index (χ1) is 24.5. The predicted molar refractivity (Wildman–Crippen MR) is 209 cm³/mol. The number of aromatic nitrogens is 3. The van der Waals surface area contributed by atoms with Crippen molar-refractivity contribution in [1.29, 1.82) is 0 Å². The van der Waals surface area contributed by atoms with Crippen LogP contribution in [0.2, 0.25) is 10.6 Å².